The Morgan fingerprint density at radius 3 is 2.77 bits per heavy atom. The Labute approximate surface area is 74.7 Å². The highest BCUT2D eigenvalue weighted by Gasteiger charge is 2.12. The van der Waals surface area contributed by atoms with Gasteiger partial charge in [0.25, 0.3) is 0 Å². The first kappa shape index (κ1) is 9.07. The number of carboxylic acid groups (broad SMARTS) is 1. The molecule has 0 atom stereocenters. The van der Waals surface area contributed by atoms with Crippen molar-refractivity contribution < 1.29 is 15.0 Å². The summed E-state index contributed by atoms with van der Waals surface area (Å²) in [5.74, 6) is -1.29. The average molecular weight is 177 g/mol. The number of phenolic OH excluding ortho intramolecular Hbond substituents is 1. The number of hydrogen-bond donors (Lipinski definition) is 2. The van der Waals surface area contributed by atoms with E-state index in [1.807, 2.05) is 0 Å². The van der Waals surface area contributed by atoms with E-state index in [-0.39, 0.29) is 23.3 Å². The number of phenols is 1. The zero-order valence-electron chi connectivity index (χ0n) is 6.69. The van der Waals surface area contributed by atoms with Gasteiger partial charge in [-0.05, 0) is 12.1 Å². The highest BCUT2D eigenvalue weighted by atomic mass is 16.4. The molecule has 0 aliphatic heterocycles. The highest BCUT2D eigenvalue weighted by molar-refractivity contribution is 5.90. The van der Waals surface area contributed by atoms with Crippen molar-refractivity contribution in [3.63, 3.8) is 0 Å². The van der Waals surface area contributed by atoms with Gasteiger partial charge in [-0.15, -0.1) is 0 Å². The molecule has 0 unspecified atom stereocenters. The van der Waals surface area contributed by atoms with E-state index < -0.39 is 5.97 Å². The van der Waals surface area contributed by atoms with Crippen LogP contribution in [0.1, 0.15) is 15.9 Å². The Bertz CT molecular complexity index is 379. The summed E-state index contributed by atoms with van der Waals surface area (Å²) >= 11 is 0. The number of nitriles is 1. The van der Waals surface area contributed by atoms with Crippen molar-refractivity contribution in [2.45, 2.75) is 6.42 Å². The highest BCUT2D eigenvalue weighted by Crippen LogP contribution is 2.21. The average Bonchev–Trinajstić information content (AvgIpc) is 2.08. The molecule has 1 aromatic rings. The predicted molar refractivity (Wildman–Crippen MR) is 44.4 cm³/mol. The molecule has 0 saturated carbocycles. The molecule has 4 nitrogen and oxygen atoms in total. The maximum Gasteiger partial charge on any atom is 0.336 e. The molecule has 0 fully saturated rings. The predicted octanol–water partition coefficient (Wildman–Crippen LogP) is 1.16. The van der Waals surface area contributed by atoms with Crippen LogP contribution >= 0.6 is 0 Å². The molecule has 0 saturated heterocycles. The lowest BCUT2D eigenvalue weighted by Gasteiger charge is -2.03. The lowest BCUT2D eigenvalue weighted by molar-refractivity contribution is 0.0695. The zero-order chi connectivity index (χ0) is 9.84. The molecule has 2 N–H and O–H groups in total. The fraction of sp³-hybridized carbons (Fsp3) is 0.111. The van der Waals surface area contributed by atoms with Crippen LogP contribution in [0, 0.1) is 11.3 Å². The number of carboxylic acids is 1. The van der Waals surface area contributed by atoms with Crippen LogP contribution in [0.3, 0.4) is 0 Å². The van der Waals surface area contributed by atoms with Gasteiger partial charge in [-0.2, -0.15) is 5.26 Å². The first-order valence-electron chi connectivity index (χ1n) is 3.58. The fourth-order valence-electron chi connectivity index (χ4n) is 1.04. The Morgan fingerprint density at radius 1 is 1.54 bits per heavy atom. The van der Waals surface area contributed by atoms with Crippen molar-refractivity contribution in [1.82, 2.24) is 0 Å². The molecule has 0 amide bonds. The monoisotopic (exact) mass is 177 g/mol. The summed E-state index contributed by atoms with van der Waals surface area (Å²) in [7, 11) is 0. The van der Waals surface area contributed by atoms with Crippen molar-refractivity contribution in [3.8, 4) is 11.8 Å². The van der Waals surface area contributed by atoms with Crippen molar-refractivity contribution in [2.75, 3.05) is 0 Å². The lowest BCUT2D eigenvalue weighted by atomic mass is 10.0. The summed E-state index contributed by atoms with van der Waals surface area (Å²) in [4.78, 5) is 10.6. The van der Waals surface area contributed by atoms with E-state index >= 15 is 0 Å². The zero-order valence-corrected chi connectivity index (χ0v) is 6.69. The van der Waals surface area contributed by atoms with Gasteiger partial charge in [-0.1, -0.05) is 6.07 Å². The van der Waals surface area contributed by atoms with Crippen LogP contribution in [-0.4, -0.2) is 16.2 Å². The van der Waals surface area contributed by atoms with E-state index in [4.69, 9.17) is 10.4 Å². The fourth-order valence-corrected chi connectivity index (χ4v) is 1.04. The molecular weight excluding hydrogens is 170 g/mol. The molecule has 1 aromatic carbocycles. The molecule has 4 heteroatoms. The Balaban J connectivity index is 3.27. The summed E-state index contributed by atoms with van der Waals surface area (Å²) in [6.07, 6.45) is -0.103. The molecule has 1 rings (SSSR count). The van der Waals surface area contributed by atoms with Crippen LogP contribution in [-0.2, 0) is 6.42 Å². The largest absolute Gasteiger partial charge is 0.508 e. The van der Waals surface area contributed by atoms with Crippen LogP contribution in [0.4, 0.5) is 0 Å². The van der Waals surface area contributed by atoms with Crippen molar-refractivity contribution >= 4 is 5.97 Å². The van der Waals surface area contributed by atoms with Crippen molar-refractivity contribution in [1.29, 1.82) is 5.26 Å². The first-order chi connectivity index (χ1) is 6.16. The second-order valence-corrected chi connectivity index (χ2v) is 2.44. The minimum atomic E-state index is -1.14. The van der Waals surface area contributed by atoms with Crippen molar-refractivity contribution in [3.05, 3.63) is 29.3 Å². The summed E-state index contributed by atoms with van der Waals surface area (Å²) in [5.41, 5.74) is 0.138. The van der Waals surface area contributed by atoms with E-state index in [0.717, 1.165) is 0 Å². The SMILES string of the molecule is N#CCc1c(O)cccc1C(=O)O. The molecule has 0 aliphatic carbocycles. The molecule has 0 bridgehead atoms. The number of carbonyl (C=O) groups is 1. The third-order valence-electron chi connectivity index (χ3n) is 1.64. The first-order valence-corrected chi connectivity index (χ1v) is 3.58. The third-order valence-corrected chi connectivity index (χ3v) is 1.64. The van der Waals surface area contributed by atoms with Gasteiger partial charge >= 0.3 is 5.97 Å². The smallest absolute Gasteiger partial charge is 0.336 e. The van der Waals surface area contributed by atoms with Gasteiger partial charge in [-0.3, -0.25) is 0 Å². The van der Waals surface area contributed by atoms with E-state index in [0.29, 0.717) is 0 Å². The standard InChI is InChI=1S/C9H7NO3/c10-5-4-6-7(9(12)13)2-1-3-8(6)11/h1-3,11H,4H2,(H,12,13). The van der Waals surface area contributed by atoms with E-state index in [1.54, 1.807) is 6.07 Å². The van der Waals surface area contributed by atoms with Gasteiger partial charge in [0.1, 0.15) is 5.75 Å². The summed E-state index contributed by atoms with van der Waals surface area (Å²) in [5, 5.41) is 26.3. The third kappa shape index (κ3) is 1.76. The lowest BCUT2D eigenvalue weighted by Crippen LogP contribution is -2.01. The van der Waals surface area contributed by atoms with Crippen LogP contribution in [0.5, 0.6) is 5.75 Å². The minimum absolute atomic E-state index is 0.0263. The topological polar surface area (TPSA) is 81.3 Å². The molecule has 66 valence electrons. The Hall–Kier alpha value is -2.02. The number of benzene rings is 1. The summed E-state index contributed by atoms with van der Waals surface area (Å²) in [6.45, 7) is 0. The van der Waals surface area contributed by atoms with Gasteiger partial charge in [0.05, 0.1) is 18.1 Å². The molecule has 0 aliphatic rings. The quantitative estimate of drug-likeness (QED) is 0.710. The summed E-state index contributed by atoms with van der Waals surface area (Å²) in [6, 6.07) is 5.94. The maximum absolute atomic E-state index is 10.6. The Morgan fingerprint density at radius 2 is 2.23 bits per heavy atom. The van der Waals surface area contributed by atoms with E-state index in [9.17, 15) is 9.90 Å². The van der Waals surface area contributed by atoms with Gasteiger partial charge in [0.2, 0.25) is 0 Å². The number of aromatic carboxylic acids is 1. The number of rotatable bonds is 2. The second-order valence-electron chi connectivity index (χ2n) is 2.44. The molecule has 0 heterocycles. The van der Waals surface area contributed by atoms with Crippen LogP contribution < -0.4 is 0 Å². The number of nitrogens with zero attached hydrogens (tertiary/aromatic N) is 1. The molecule has 0 radical (unpaired) electrons. The number of aromatic hydroxyl groups is 1. The molecular formula is C9H7NO3. The van der Waals surface area contributed by atoms with Gasteiger partial charge < -0.3 is 10.2 Å². The van der Waals surface area contributed by atoms with E-state index in [1.165, 1.54) is 18.2 Å². The minimum Gasteiger partial charge on any atom is -0.508 e. The van der Waals surface area contributed by atoms with Crippen LogP contribution in [0.2, 0.25) is 0 Å². The second kappa shape index (κ2) is 3.59. The number of hydrogen-bond acceptors (Lipinski definition) is 3. The molecule has 0 spiro atoms. The summed E-state index contributed by atoms with van der Waals surface area (Å²) < 4.78 is 0. The van der Waals surface area contributed by atoms with E-state index in [2.05, 4.69) is 0 Å². The molecule has 13 heavy (non-hydrogen) atoms. The van der Waals surface area contributed by atoms with Gasteiger partial charge in [-0.25, -0.2) is 4.79 Å². The maximum atomic E-state index is 10.6. The van der Waals surface area contributed by atoms with Gasteiger partial charge in [0, 0.05) is 5.56 Å². The van der Waals surface area contributed by atoms with Gasteiger partial charge in [0.15, 0.2) is 0 Å². The molecule has 0 aromatic heterocycles. The Kier molecular flexibility index (Phi) is 2.50. The van der Waals surface area contributed by atoms with Crippen LogP contribution in [0.15, 0.2) is 18.2 Å². The van der Waals surface area contributed by atoms with Crippen LogP contribution in [0.25, 0.3) is 0 Å². The van der Waals surface area contributed by atoms with Crippen molar-refractivity contribution in [2.24, 2.45) is 0 Å². The normalized spacial score (nSPS) is 9.15.